The van der Waals surface area contributed by atoms with Crippen molar-refractivity contribution < 1.29 is 0 Å². The van der Waals surface area contributed by atoms with Gasteiger partial charge in [0.25, 0.3) is 0 Å². The van der Waals surface area contributed by atoms with Gasteiger partial charge in [0.05, 0.1) is 22.9 Å². The molecule has 86 valence electrons. The third kappa shape index (κ3) is 2.31. The molecule has 0 bridgehead atoms. The van der Waals surface area contributed by atoms with Gasteiger partial charge in [0, 0.05) is 24.5 Å². The minimum atomic E-state index is -0.0358. The van der Waals surface area contributed by atoms with Crippen LogP contribution in [0.1, 0.15) is 30.0 Å². The Kier molecular flexibility index (Phi) is 3.36. The van der Waals surface area contributed by atoms with E-state index in [0.29, 0.717) is 0 Å². The highest BCUT2D eigenvalue weighted by Crippen LogP contribution is 2.16. The maximum Gasteiger partial charge on any atom is 0.0795 e. The zero-order chi connectivity index (χ0) is 11.5. The maximum absolute atomic E-state index is 6.09. The number of aryl methyl sites for hydroxylation is 2. The molecule has 16 heavy (non-hydrogen) atoms. The zero-order valence-corrected chi connectivity index (χ0v) is 10.4. The van der Waals surface area contributed by atoms with Crippen LogP contribution in [0.25, 0.3) is 0 Å². The first-order valence-electron chi connectivity index (χ1n) is 5.36. The van der Waals surface area contributed by atoms with E-state index in [-0.39, 0.29) is 6.04 Å². The third-order valence-corrected chi connectivity index (χ3v) is 3.25. The first kappa shape index (κ1) is 11.3. The van der Waals surface area contributed by atoms with Crippen molar-refractivity contribution in [2.45, 2.75) is 25.8 Å². The lowest BCUT2D eigenvalue weighted by Crippen LogP contribution is -2.15. The molecule has 0 aliphatic rings. The van der Waals surface area contributed by atoms with Crippen molar-refractivity contribution in [3.05, 3.63) is 34.0 Å². The number of nitrogens with two attached hydrogens (primary N) is 1. The van der Waals surface area contributed by atoms with Gasteiger partial charge in [-0.05, 0) is 12.5 Å². The van der Waals surface area contributed by atoms with Crippen LogP contribution < -0.4 is 5.73 Å². The average Bonchev–Trinajstić information content (AvgIpc) is 2.88. The molecule has 2 heterocycles. The maximum atomic E-state index is 6.09. The summed E-state index contributed by atoms with van der Waals surface area (Å²) < 4.78 is 1.91. The van der Waals surface area contributed by atoms with Crippen LogP contribution >= 0.6 is 11.3 Å². The summed E-state index contributed by atoms with van der Waals surface area (Å²) in [6.45, 7) is 2.10. The largest absolute Gasteiger partial charge is 0.322 e. The number of nitrogens with zero attached hydrogens (tertiary/aromatic N) is 3. The Bertz CT molecular complexity index is 447. The molecule has 0 saturated carbocycles. The molecule has 2 N–H and O–H groups in total. The van der Waals surface area contributed by atoms with Crippen LogP contribution in [0.2, 0.25) is 0 Å². The van der Waals surface area contributed by atoms with Gasteiger partial charge in [-0.25, -0.2) is 4.98 Å². The molecule has 2 rings (SSSR count). The molecule has 0 aromatic carbocycles. The minimum Gasteiger partial charge on any atom is -0.322 e. The minimum absolute atomic E-state index is 0.0358. The first-order valence-corrected chi connectivity index (χ1v) is 6.30. The molecule has 0 fully saturated rings. The highest BCUT2D eigenvalue weighted by atomic mass is 32.1. The van der Waals surface area contributed by atoms with Gasteiger partial charge in [0.1, 0.15) is 0 Å². The van der Waals surface area contributed by atoms with Crippen molar-refractivity contribution in [3.8, 4) is 0 Å². The molecule has 0 saturated heterocycles. The Morgan fingerprint density at radius 2 is 2.38 bits per heavy atom. The molecule has 2 aromatic heterocycles. The summed E-state index contributed by atoms with van der Waals surface area (Å²) in [5.74, 6) is 0. The Labute approximate surface area is 99.1 Å². The number of aromatic nitrogens is 3. The van der Waals surface area contributed by atoms with Crippen molar-refractivity contribution in [3.63, 3.8) is 0 Å². The Balaban J connectivity index is 2.11. The second-order valence-corrected chi connectivity index (χ2v) is 4.55. The van der Waals surface area contributed by atoms with Crippen molar-refractivity contribution in [1.29, 1.82) is 0 Å². The number of hydrogen-bond acceptors (Lipinski definition) is 4. The lowest BCUT2D eigenvalue weighted by molar-refractivity contribution is 0.630. The molecule has 5 heteroatoms. The van der Waals surface area contributed by atoms with E-state index < -0.39 is 0 Å². The second kappa shape index (κ2) is 4.76. The second-order valence-electron chi connectivity index (χ2n) is 3.83. The topological polar surface area (TPSA) is 56.7 Å². The van der Waals surface area contributed by atoms with E-state index in [1.807, 2.05) is 22.6 Å². The van der Waals surface area contributed by atoms with Crippen molar-refractivity contribution in [2.24, 2.45) is 12.8 Å². The fraction of sp³-hybridized carbons (Fsp3) is 0.455. The van der Waals surface area contributed by atoms with Gasteiger partial charge >= 0.3 is 0 Å². The molecule has 0 aliphatic carbocycles. The summed E-state index contributed by atoms with van der Waals surface area (Å²) in [5.41, 5.74) is 11.1. The molecule has 0 radical (unpaired) electrons. The summed E-state index contributed by atoms with van der Waals surface area (Å²) in [6, 6.07) is 2.08. The van der Waals surface area contributed by atoms with Crippen molar-refractivity contribution in [1.82, 2.24) is 14.8 Å². The standard InChI is InChI=1S/C11H16N4S/c1-3-8-4-9(15(2)14-8)5-10(12)11-6-16-7-13-11/h4,6-7,10H,3,5,12H2,1-2H3. The SMILES string of the molecule is CCc1cc(CC(N)c2cscn2)n(C)n1. The summed E-state index contributed by atoms with van der Waals surface area (Å²) in [6.07, 6.45) is 1.74. The Morgan fingerprint density at radius 3 is 2.94 bits per heavy atom. The van der Waals surface area contributed by atoms with Gasteiger partial charge in [0.15, 0.2) is 0 Å². The van der Waals surface area contributed by atoms with Crippen LogP contribution in [0.15, 0.2) is 17.0 Å². The van der Waals surface area contributed by atoms with Gasteiger partial charge in [0.2, 0.25) is 0 Å². The van der Waals surface area contributed by atoms with Gasteiger partial charge in [-0.1, -0.05) is 6.92 Å². The number of rotatable bonds is 4. The Morgan fingerprint density at radius 1 is 1.56 bits per heavy atom. The van der Waals surface area contributed by atoms with Crippen LogP contribution in [-0.4, -0.2) is 14.8 Å². The highest BCUT2D eigenvalue weighted by molar-refractivity contribution is 7.07. The predicted molar refractivity (Wildman–Crippen MR) is 65.3 cm³/mol. The molecular formula is C11H16N4S. The predicted octanol–water partition coefficient (Wildman–Crippen LogP) is 1.68. The molecule has 1 atom stereocenters. The van der Waals surface area contributed by atoms with Crippen LogP contribution in [0.5, 0.6) is 0 Å². The van der Waals surface area contributed by atoms with E-state index in [1.54, 1.807) is 11.3 Å². The molecule has 0 aliphatic heterocycles. The summed E-state index contributed by atoms with van der Waals surface area (Å²) in [7, 11) is 1.96. The van der Waals surface area contributed by atoms with Crippen LogP contribution in [0.4, 0.5) is 0 Å². The lowest BCUT2D eigenvalue weighted by Gasteiger charge is -2.08. The van der Waals surface area contributed by atoms with Crippen LogP contribution in [-0.2, 0) is 19.9 Å². The van der Waals surface area contributed by atoms with Gasteiger partial charge in [-0.3, -0.25) is 4.68 Å². The van der Waals surface area contributed by atoms with Gasteiger partial charge in [-0.2, -0.15) is 5.10 Å². The van der Waals surface area contributed by atoms with E-state index in [0.717, 1.165) is 29.9 Å². The quantitative estimate of drug-likeness (QED) is 0.878. The monoisotopic (exact) mass is 236 g/mol. The van der Waals surface area contributed by atoms with E-state index in [4.69, 9.17) is 5.73 Å². The average molecular weight is 236 g/mol. The molecule has 4 nitrogen and oxygen atoms in total. The fourth-order valence-electron chi connectivity index (χ4n) is 1.67. The Hall–Kier alpha value is -1.20. The smallest absolute Gasteiger partial charge is 0.0795 e. The fourth-order valence-corrected chi connectivity index (χ4v) is 2.29. The van der Waals surface area contributed by atoms with Crippen molar-refractivity contribution in [2.75, 3.05) is 0 Å². The van der Waals surface area contributed by atoms with Crippen molar-refractivity contribution >= 4 is 11.3 Å². The summed E-state index contributed by atoms with van der Waals surface area (Å²) >= 11 is 1.58. The normalized spacial score (nSPS) is 12.9. The molecule has 0 spiro atoms. The van der Waals surface area contributed by atoms with Crippen LogP contribution in [0, 0.1) is 0 Å². The first-order chi connectivity index (χ1) is 7.70. The van der Waals surface area contributed by atoms with Gasteiger partial charge in [-0.15, -0.1) is 11.3 Å². The van der Waals surface area contributed by atoms with Gasteiger partial charge < -0.3 is 5.73 Å². The van der Waals surface area contributed by atoms with E-state index in [9.17, 15) is 0 Å². The molecule has 0 amide bonds. The lowest BCUT2D eigenvalue weighted by atomic mass is 10.1. The third-order valence-electron chi connectivity index (χ3n) is 2.65. The molecular weight excluding hydrogens is 220 g/mol. The molecule has 2 aromatic rings. The van der Waals surface area contributed by atoms with E-state index >= 15 is 0 Å². The summed E-state index contributed by atoms with van der Waals surface area (Å²) in [5, 5.41) is 6.41. The van der Waals surface area contributed by atoms with Crippen LogP contribution in [0.3, 0.4) is 0 Å². The highest BCUT2D eigenvalue weighted by Gasteiger charge is 2.12. The number of hydrogen-bond donors (Lipinski definition) is 1. The number of thiazole rings is 1. The molecule has 1 unspecified atom stereocenters. The van der Waals surface area contributed by atoms with E-state index in [1.165, 1.54) is 0 Å². The zero-order valence-electron chi connectivity index (χ0n) is 9.55. The summed E-state index contributed by atoms with van der Waals surface area (Å²) in [4.78, 5) is 4.23. The van der Waals surface area contributed by atoms with E-state index in [2.05, 4.69) is 23.1 Å².